The number of aryl methyl sites for hydroxylation is 1. The summed E-state index contributed by atoms with van der Waals surface area (Å²) in [4.78, 5) is 16.2. The molecule has 0 saturated heterocycles. The van der Waals surface area contributed by atoms with Crippen molar-refractivity contribution in [2.45, 2.75) is 19.9 Å². The molecule has 1 amide bonds. The molecule has 3 heterocycles. The van der Waals surface area contributed by atoms with Crippen LogP contribution in [-0.2, 0) is 17.8 Å². The summed E-state index contributed by atoms with van der Waals surface area (Å²) in [6.45, 7) is 2.46. The van der Waals surface area contributed by atoms with Crippen LogP contribution in [0.4, 0.5) is 15.9 Å². The van der Waals surface area contributed by atoms with Gasteiger partial charge in [-0.1, -0.05) is 24.3 Å². The molecule has 2 N–H and O–H groups in total. The summed E-state index contributed by atoms with van der Waals surface area (Å²) in [7, 11) is 0. The van der Waals surface area contributed by atoms with Crippen molar-refractivity contribution in [3.63, 3.8) is 0 Å². The van der Waals surface area contributed by atoms with Crippen LogP contribution in [0.15, 0.2) is 54.7 Å². The molecule has 0 unspecified atom stereocenters. The summed E-state index contributed by atoms with van der Waals surface area (Å²) >= 11 is 0. The van der Waals surface area contributed by atoms with Crippen LogP contribution in [0.5, 0.6) is 0 Å². The molecule has 2 aromatic carbocycles. The first kappa shape index (κ1) is 17.4. The maximum atomic E-state index is 14.3. The van der Waals surface area contributed by atoms with Gasteiger partial charge in [0.2, 0.25) is 5.91 Å². The quantitative estimate of drug-likeness (QED) is 0.556. The van der Waals surface area contributed by atoms with Gasteiger partial charge in [0, 0.05) is 29.4 Å². The lowest BCUT2D eigenvalue weighted by atomic mass is 10.1. The average molecular weight is 387 g/mol. The first-order chi connectivity index (χ1) is 14.1. The summed E-state index contributed by atoms with van der Waals surface area (Å²) in [5.74, 6) is 0.418. The number of benzene rings is 2. The predicted octanol–water partition coefficient (Wildman–Crippen LogP) is 3.95. The lowest BCUT2D eigenvalue weighted by Crippen LogP contribution is -2.07. The zero-order valence-corrected chi connectivity index (χ0v) is 15.7. The Labute approximate surface area is 166 Å². The molecule has 1 aliphatic heterocycles. The van der Waals surface area contributed by atoms with E-state index in [1.54, 1.807) is 35.0 Å². The third kappa shape index (κ3) is 3.10. The molecule has 7 heteroatoms. The number of nitrogens with zero attached hydrogens (tertiary/aromatic N) is 3. The molecule has 6 nitrogen and oxygen atoms in total. The molecular formula is C22H18FN5O. The van der Waals surface area contributed by atoms with E-state index in [4.69, 9.17) is 0 Å². The number of nitrogens with one attached hydrogen (secondary N) is 2. The zero-order valence-electron chi connectivity index (χ0n) is 15.7. The summed E-state index contributed by atoms with van der Waals surface area (Å²) in [6.07, 6.45) is 2.14. The summed E-state index contributed by atoms with van der Waals surface area (Å²) in [5.41, 5.74) is 5.49. The second-order valence-corrected chi connectivity index (χ2v) is 7.14. The van der Waals surface area contributed by atoms with Crippen molar-refractivity contribution < 1.29 is 9.18 Å². The summed E-state index contributed by atoms with van der Waals surface area (Å²) in [6, 6.07) is 14.3. The number of anilines is 2. The number of halogens is 1. The number of carbonyl (C=O) groups is 1. The largest absolute Gasteiger partial charge is 0.366 e. The molecule has 1 aliphatic rings. The molecule has 144 valence electrons. The standard InChI is InChI=1S/C22H18FN5O/c1-13-11-25-28-20(10-19(27-22(13)28)16-4-2-3-5-17(16)23)24-12-14-6-7-18-15(8-14)9-21(29)26-18/h2-8,10-11,24H,9,12H2,1H3,(H,26,29). The van der Waals surface area contributed by atoms with E-state index in [1.165, 1.54) is 6.07 Å². The van der Waals surface area contributed by atoms with Gasteiger partial charge in [-0.15, -0.1) is 0 Å². The van der Waals surface area contributed by atoms with Gasteiger partial charge in [0.05, 0.1) is 18.3 Å². The molecule has 0 spiro atoms. The Balaban J connectivity index is 1.51. The van der Waals surface area contributed by atoms with Crippen molar-refractivity contribution in [2.24, 2.45) is 0 Å². The fourth-order valence-corrected chi connectivity index (χ4v) is 3.59. The second-order valence-electron chi connectivity index (χ2n) is 7.14. The molecule has 29 heavy (non-hydrogen) atoms. The molecule has 4 aromatic rings. The van der Waals surface area contributed by atoms with E-state index in [-0.39, 0.29) is 11.7 Å². The number of rotatable bonds is 4. The monoisotopic (exact) mass is 387 g/mol. The van der Waals surface area contributed by atoms with Crippen LogP contribution in [0.1, 0.15) is 16.7 Å². The number of carbonyl (C=O) groups excluding carboxylic acids is 1. The van der Waals surface area contributed by atoms with Crippen LogP contribution >= 0.6 is 0 Å². The minimum atomic E-state index is -0.316. The van der Waals surface area contributed by atoms with Gasteiger partial charge in [0.15, 0.2) is 5.65 Å². The minimum absolute atomic E-state index is 0.0162. The van der Waals surface area contributed by atoms with Gasteiger partial charge in [-0.05, 0) is 36.2 Å². The maximum Gasteiger partial charge on any atom is 0.228 e. The topological polar surface area (TPSA) is 71.3 Å². The molecule has 0 atom stereocenters. The summed E-state index contributed by atoms with van der Waals surface area (Å²) in [5, 5.41) is 10.6. The zero-order chi connectivity index (χ0) is 20.0. The van der Waals surface area contributed by atoms with Gasteiger partial charge >= 0.3 is 0 Å². The van der Waals surface area contributed by atoms with E-state index in [0.717, 1.165) is 28.2 Å². The van der Waals surface area contributed by atoms with Crippen molar-refractivity contribution in [2.75, 3.05) is 10.6 Å². The first-order valence-electron chi connectivity index (χ1n) is 9.34. The number of fused-ring (bicyclic) bond motifs is 2. The highest BCUT2D eigenvalue weighted by Gasteiger charge is 2.18. The highest BCUT2D eigenvalue weighted by atomic mass is 19.1. The Kier molecular flexibility index (Phi) is 4.01. The molecule has 0 saturated carbocycles. The van der Waals surface area contributed by atoms with Gasteiger partial charge in [-0.25, -0.2) is 9.37 Å². The van der Waals surface area contributed by atoms with Crippen molar-refractivity contribution in [1.82, 2.24) is 14.6 Å². The Morgan fingerprint density at radius 1 is 1.21 bits per heavy atom. The van der Waals surface area contributed by atoms with E-state index in [2.05, 4.69) is 20.7 Å². The number of hydrogen-bond donors (Lipinski definition) is 2. The second kappa shape index (κ2) is 6.70. The van der Waals surface area contributed by atoms with E-state index in [0.29, 0.717) is 29.9 Å². The fraction of sp³-hybridized carbons (Fsp3) is 0.136. The maximum absolute atomic E-state index is 14.3. The molecule has 0 aliphatic carbocycles. The molecule has 0 fully saturated rings. The van der Waals surface area contributed by atoms with E-state index in [1.807, 2.05) is 25.1 Å². The third-order valence-electron chi connectivity index (χ3n) is 5.07. The van der Waals surface area contributed by atoms with Crippen LogP contribution in [0.2, 0.25) is 0 Å². The van der Waals surface area contributed by atoms with Gasteiger partial charge < -0.3 is 10.6 Å². The van der Waals surface area contributed by atoms with Crippen LogP contribution in [0, 0.1) is 12.7 Å². The van der Waals surface area contributed by atoms with Gasteiger partial charge in [-0.2, -0.15) is 9.61 Å². The lowest BCUT2D eigenvalue weighted by molar-refractivity contribution is -0.115. The Bertz CT molecular complexity index is 1260. The van der Waals surface area contributed by atoms with E-state index < -0.39 is 0 Å². The van der Waals surface area contributed by atoms with Crippen molar-refractivity contribution >= 4 is 23.1 Å². The lowest BCUT2D eigenvalue weighted by Gasteiger charge is -2.12. The molecule has 2 aromatic heterocycles. The number of amides is 1. The van der Waals surface area contributed by atoms with Gasteiger partial charge in [-0.3, -0.25) is 4.79 Å². The predicted molar refractivity (Wildman–Crippen MR) is 109 cm³/mol. The summed E-state index contributed by atoms with van der Waals surface area (Å²) < 4.78 is 16.0. The van der Waals surface area contributed by atoms with Gasteiger partial charge in [0.1, 0.15) is 11.6 Å². The molecular weight excluding hydrogens is 369 g/mol. The Hall–Kier alpha value is -3.74. The van der Waals surface area contributed by atoms with E-state index in [9.17, 15) is 9.18 Å². The SMILES string of the molecule is Cc1cnn2c(NCc3ccc4c(c3)CC(=O)N4)cc(-c3ccccc3F)nc12. The van der Waals surface area contributed by atoms with E-state index >= 15 is 0 Å². The number of hydrogen-bond acceptors (Lipinski definition) is 4. The highest BCUT2D eigenvalue weighted by Crippen LogP contribution is 2.27. The molecule has 5 rings (SSSR count). The van der Waals surface area contributed by atoms with Gasteiger partial charge in [0.25, 0.3) is 0 Å². The number of aromatic nitrogens is 3. The molecule has 0 radical (unpaired) electrons. The molecule has 0 bridgehead atoms. The third-order valence-corrected chi connectivity index (χ3v) is 5.07. The van der Waals surface area contributed by atoms with Crippen molar-refractivity contribution in [3.8, 4) is 11.3 Å². The average Bonchev–Trinajstić information content (AvgIpc) is 3.28. The van der Waals surface area contributed by atoms with Crippen molar-refractivity contribution in [3.05, 3.63) is 77.2 Å². The Morgan fingerprint density at radius 2 is 2.07 bits per heavy atom. The highest BCUT2D eigenvalue weighted by molar-refractivity contribution is 5.99. The minimum Gasteiger partial charge on any atom is -0.366 e. The normalized spacial score (nSPS) is 12.8. The fourth-order valence-electron chi connectivity index (χ4n) is 3.59. The first-order valence-corrected chi connectivity index (χ1v) is 9.34. The van der Waals surface area contributed by atoms with Crippen molar-refractivity contribution in [1.29, 1.82) is 0 Å². The van der Waals surface area contributed by atoms with Crippen LogP contribution in [0.25, 0.3) is 16.9 Å². The smallest absolute Gasteiger partial charge is 0.228 e. The van der Waals surface area contributed by atoms with Crippen LogP contribution < -0.4 is 10.6 Å². The van der Waals surface area contributed by atoms with Crippen LogP contribution in [-0.4, -0.2) is 20.5 Å². The Morgan fingerprint density at radius 3 is 2.93 bits per heavy atom. The van der Waals surface area contributed by atoms with Crippen LogP contribution in [0.3, 0.4) is 0 Å².